The third-order valence-electron chi connectivity index (χ3n) is 2.60. The van der Waals surface area contributed by atoms with E-state index in [2.05, 4.69) is 4.98 Å². The minimum absolute atomic E-state index is 0.228. The van der Waals surface area contributed by atoms with E-state index in [-0.39, 0.29) is 5.82 Å². The van der Waals surface area contributed by atoms with Gasteiger partial charge in [-0.05, 0) is 19.1 Å². The molecule has 80 valence electrons. The van der Waals surface area contributed by atoms with E-state index < -0.39 is 0 Å². The molecule has 0 amide bonds. The quantitative estimate of drug-likeness (QED) is 0.627. The third-order valence-corrected chi connectivity index (χ3v) is 3.36. The molecule has 16 heavy (non-hydrogen) atoms. The first-order valence-electron chi connectivity index (χ1n) is 4.94. The number of thiazole rings is 1. The van der Waals surface area contributed by atoms with Crippen molar-refractivity contribution in [2.75, 3.05) is 0 Å². The molecule has 0 unspecified atom stereocenters. The van der Waals surface area contributed by atoms with Crippen LogP contribution in [0.15, 0.2) is 35.8 Å². The van der Waals surface area contributed by atoms with Crippen molar-refractivity contribution < 1.29 is 4.39 Å². The monoisotopic (exact) mass is 232 g/mol. The average Bonchev–Trinajstić information content (AvgIpc) is 2.82. The number of hydrogen-bond acceptors (Lipinski definition) is 2. The van der Waals surface area contributed by atoms with Crippen LogP contribution in [-0.4, -0.2) is 9.38 Å². The first-order valence-corrected chi connectivity index (χ1v) is 5.82. The van der Waals surface area contributed by atoms with Gasteiger partial charge in [-0.1, -0.05) is 12.1 Å². The SMILES string of the molecule is Cc1c(-c2cccc(F)c2)nc2sccn12. The number of benzene rings is 1. The number of nitrogens with zero attached hydrogens (tertiary/aromatic N) is 2. The summed E-state index contributed by atoms with van der Waals surface area (Å²) in [5.74, 6) is -0.228. The van der Waals surface area contributed by atoms with Gasteiger partial charge in [0.15, 0.2) is 4.96 Å². The molecule has 4 heteroatoms. The topological polar surface area (TPSA) is 17.3 Å². The Balaban J connectivity index is 2.25. The molecule has 0 saturated carbocycles. The van der Waals surface area contributed by atoms with E-state index in [0.29, 0.717) is 0 Å². The standard InChI is InChI=1S/C12H9FN2S/c1-8-11(9-3-2-4-10(13)7-9)14-12-15(8)5-6-16-12/h2-7H,1H3. The van der Waals surface area contributed by atoms with Gasteiger partial charge in [-0.2, -0.15) is 0 Å². The molecule has 0 saturated heterocycles. The number of fused-ring (bicyclic) bond motifs is 1. The number of hydrogen-bond donors (Lipinski definition) is 0. The van der Waals surface area contributed by atoms with Crippen LogP contribution in [0.3, 0.4) is 0 Å². The zero-order valence-electron chi connectivity index (χ0n) is 8.64. The summed E-state index contributed by atoms with van der Waals surface area (Å²) in [5.41, 5.74) is 2.72. The van der Waals surface area contributed by atoms with Crippen molar-refractivity contribution >= 4 is 16.3 Å². The lowest BCUT2D eigenvalue weighted by molar-refractivity contribution is 0.628. The Morgan fingerprint density at radius 1 is 1.38 bits per heavy atom. The Morgan fingerprint density at radius 2 is 2.25 bits per heavy atom. The molecule has 0 aliphatic heterocycles. The molecule has 2 heterocycles. The van der Waals surface area contributed by atoms with Crippen molar-refractivity contribution in [3.05, 3.63) is 47.4 Å². The van der Waals surface area contributed by atoms with Crippen LogP contribution in [0.5, 0.6) is 0 Å². The van der Waals surface area contributed by atoms with Crippen LogP contribution in [-0.2, 0) is 0 Å². The predicted molar refractivity (Wildman–Crippen MR) is 63.2 cm³/mol. The van der Waals surface area contributed by atoms with E-state index in [0.717, 1.165) is 21.9 Å². The fourth-order valence-corrected chi connectivity index (χ4v) is 2.57. The van der Waals surface area contributed by atoms with Gasteiger partial charge in [0.2, 0.25) is 0 Å². The second kappa shape index (κ2) is 3.42. The molecule has 0 atom stereocenters. The molecule has 0 N–H and O–H groups in total. The molecule has 2 aromatic heterocycles. The number of rotatable bonds is 1. The van der Waals surface area contributed by atoms with Gasteiger partial charge in [0.25, 0.3) is 0 Å². The van der Waals surface area contributed by atoms with Gasteiger partial charge < -0.3 is 0 Å². The molecule has 2 nitrogen and oxygen atoms in total. The highest BCUT2D eigenvalue weighted by atomic mass is 32.1. The number of aromatic nitrogens is 2. The van der Waals surface area contributed by atoms with Gasteiger partial charge in [0.05, 0.1) is 5.69 Å². The van der Waals surface area contributed by atoms with Gasteiger partial charge in [-0.15, -0.1) is 11.3 Å². The van der Waals surface area contributed by atoms with E-state index >= 15 is 0 Å². The van der Waals surface area contributed by atoms with Crippen LogP contribution in [0, 0.1) is 12.7 Å². The smallest absolute Gasteiger partial charge is 0.194 e. The minimum Gasteiger partial charge on any atom is -0.294 e. The van der Waals surface area contributed by atoms with Crippen molar-refractivity contribution in [2.45, 2.75) is 6.92 Å². The number of halogens is 1. The van der Waals surface area contributed by atoms with Crippen LogP contribution in [0.1, 0.15) is 5.69 Å². The van der Waals surface area contributed by atoms with E-state index in [1.165, 1.54) is 12.1 Å². The van der Waals surface area contributed by atoms with E-state index in [9.17, 15) is 4.39 Å². The van der Waals surface area contributed by atoms with Crippen molar-refractivity contribution in [1.29, 1.82) is 0 Å². The van der Waals surface area contributed by atoms with Crippen molar-refractivity contribution in [1.82, 2.24) is 9.38 Å². The molecular weight excluding hydrogens is 223 g/mol. The molecule has 3 aromatic rings. The first-order chi connectivity index (χ1) is 7.75. The molecule has 0 radical (unpaired) electrons. The van der Waals surface area contributed by atoms with Crippen LogP contribution in [0.4, 0.5) is 4.39 Å². The van der Waals surface area contributed by atoms with E-state index in [1.807, 2.05) is 29.0 Å². The van der Waals surface area contributed by atoms with Crippen molar-refractivity contribution in [3.8, 4) is 11.3 Å². The lowest BCUT2D eigenvalue weighted by Crippen LogP contribution is -1.85. The van der Waals surface area contributed by atoms with Gasteiger partial charge in [-0.25, -0.2) is 9.37 Å². The minimum atomic E-state index is -0.228. The average molecular weight is 232 g/mol. The van der Waals surface area contributed by atoms with Crippen molar-refractivity contribution in [2.24, 2.45) is 0 Å². The van der Waals surface area contributed by atoms with E-state index in [4.69, 9.17) is 0 Å². The summed E-state index contributed by atoms with van der Waals surface area (Å²) in [5, 5.41) is 1.99. The van der Waals surface area contributed by atoms with Crippen LogP contribution in [0.2, 0.25) is 0 Å². The normalized spacial score (nSPS) is 11.1. The highest BCUT2D eigenvalue weighted by molar-refractivity contribution is 7.15. The molecular formula is C12H9FN2S. The fraction of sp³-hybridized carbons (Fsp3) is 0.0833. The summed E-state index contributed by atoms with van der Waals surface area (Å²) in [6.45, 7) is 1.99. The fourth-order valence-electron chi connectivity index (χ4n) is 1.81. The lowest BCUT2D eigenvalue weighted by Gasteiger charge is -1.98. The third kappa shape index (κ3) is 1.34. The van der Waals surface area contributed by atoms with Crippen molar-refractivity contribution in [3.63, 3.8) is 0 Å². The maximum Gasteiger partial charge on any atom is 0.194 e. The highest BCUT2D eigenvalue weighted by Crippen LogP contribution is 2.26. The number of imidazole rings is 1. The molecule has 0 bridgehead atoms. The number of aryl methyl sites for hydroxylation is 1. The summed E-state index contributed by atoms with van der Waals surface area (Å²) in [4.78, 5) is 5.44. The summed E-state index contributed by atoms with van der Waals surface area (Å²) in [6.07, 6.45) is 1.98. The molecule has 0 aliphatic carbocycles. The summed E-state index contributed by atoms with van der Waals surface area (Å²) < 4.78 is 15.2. The van der Waals surface area contributed by atoms with Crippen LogP contribution >= 0.6 is 11.3 Å². The Kier molecular flexibility index (Phi) is 2.04. The Labute approximate surface area is 96.0 Å². The predicted octanol–water partition coefficient (Wildman–Crippen LogP) is 3.51. The maximum absolute atomic E-state index is 13.1. The lowest BCUT2D eigenvalue weighted by atomic mass is 10.1. The van der Waals surface area contributed by atoms with Gasteiger partial charge in [0, 0.05) is 22.8 Å². The zero-order chi connectivity index (χ0) is 11.1. The highest BCUT2D eigenvalue weighted by Gasteiger charge is 2.11. The molecule has 0 aliphatic rings. The molecule has 1 aromatic carbocycles. The zero-order valence-corrected chi connectivity index (χ0v) is 9.46. The van der Waals surface area contributed by atoms with Gasteiger partial charge in [-0.3, -0.25) is 4.40 Å². The largest absolute Gasteiger partial charge is 0.294 e. The summed E-state index contributed by atoms with van der Waals surface area (Å²) in [6, 6.07) is 6.54. The Hall–Kier alpha value is -1.68. The molecule has 0 spiro atoms. The molecule has 3 rings (SSSR count). The Morgan fingerprint density at radius 3 is 3.00 bits per heavy atom. The summed E-state index contributed by atoms with van der Waals surface area (Å²) >= 11 is 1.58. The second-order valence-corrected chi connectivity index (χ2v) is 4.48. The van der Waals surface area contributed by atoms with E-state index in [1.54, 1.807) is 17.4 Å². The van der Waals surface area contributed by atoms with Gasteiger partial charge in [0.1, 0.15) is 5.82 Å². The maximum atomic E-state index is 13.1. The first kappa shape index (κ1) is 9.54. The van der Waals surface area contributed by atoms with Crippen LogP contribution < -0.4 is 0 Å². The second-order valence-electron chi connectivity index (χ2n) is 3.61. The van der Waals surface area contributed by atoms with Gasteiger partial charge >= 0.3 is 0 Å². The molecule has 0 fully saturated rings. The Bertz CT molecular complexity index is 654. The summed E-state index contributed by atoms with van der Waals surface area (Å²) in [7, 11) is 0. The van der Waals surface area contributed by atoms with Crippen LogP contribution in [0.25, 0.3) is 16.2 Å².